The lowest BCUT2D eigenvalue weighted by Gasteiger charge is -2.19. The van der Waals surface area contributed by atoms with Crippen LogP contribution in [0.4, 0.5) is 0 Å². The molecule has 2 N–H and O–H groups in total. The Morgan fingerprint density at radius 3 is 2.53 bits per heavy atom. The van der Waals surface area contributed by atoms with Gasteiger partial charge in [0.25, 0.3) is 0 Å². The quantitative estimate of drug-likeness (QED) is 0.683. The van der Waals surface area contributed by atoms with Gasteiger partial charge in [0.15, 0.2) is 0 Å². The van der Waals surface area contributed by atoms with Gasteiger partial charge in [-0.25, -0.2) is 0 Å². The summed E-state index contributed by atoms with van der Waals surface area (Å²) in [7, 11) is 0. The van der Waals surface area contributed by atoms with Gasteiger partial charge in [-0.05, 0) is 28.0 Å². The van der Waals surface area contributed by atoms with E-state index in [0.29, 0.717) is 0 Å². The molecule has 1 aliphatic rings. The van der Waals surface area contributed by atoms with Crippen LogP contribution in [0.2, 0.25) is 0 Å². The van der Waals surface area contributed by atoms with E-state index in [9.17, 15) is 10.2 Å². The summed E-state index contributed by atoms with van der Waals surface area (Å²) >= 11 is 0. The van der Waals surface area contributed by atoms with E-state index < -0.39 is 6.10 Å². The minimum absolute atomic E-state index is 0.0150. The minimum Gasteiger partial charge on any atom is -0.509 e. The van der Waals surface area contributed by atoms with Crippen molar-refractivity contribution >= 4 is 16.8 Å². The molecule has 0 bridgehead atoms. The molecule has 2 nitrogen and oxygen atoms in total. The molecule has 2 aromatic rings. The molecular formula is C13H10O2. The third-order valence-corrected chi connectivity index (χ3v) is 2.85. The van der Waals surface area contributed by atoms with Crippen LogP contribution in [0.5, 0.6) is 0 Å². The fourth-order valence-corrected chi connectivity index (χ4v) is 2.15. The molecule has 0 amide bonds. The van der Waals surface area contributed by atoms with Crippen LogP contribution in [-0.4, -0.2) is 10.2 Å². The summed E-state index contributed by atoms with van der Waals surface area (Å²) in [5.74, 6) is 0.0150. The summed E-state index contributed by atoms with van der Waals surface area (Å²) in [5.41, 5.74) is 1.74. The van der Waals surface area contributed by atoms with Crippen LogP contribution in [0, 0.1) is 0 Å². The van der Waals surface area contributed by atoms with Gasteiger partial charge in [0.2, 0.25) is 0 Å². The molecule has 2 heteroatoms. The van der Waals surface area contributed by atoms with Crippen LogP contribution in [0.3, 0.4) is 0 Å². The molecule has 0 fully saturated rings. The smallest absolute Gasteiger partial charge is 0.136 e. The first-order valence-electron chi connectivity index (χ1n) is 4.87. The van der Waals surface area contributed by atoms with Crippen molar-refractivity contribution in [1.82, 2.24) is 0 Å². The molecule has 1 aliphatic carbocycles. The largest absolute Gasteiger partial charge is 0.509 e. The summed E-state index contributed by atoms with van der Waals surface area (Å²) in [6.45, 7) is 0. The summed E-state index contributed by atoms with van der Waals surface area (Å²) in [5, 5.41) is 21.5. The Balaban J connectivity index is 2.49. The Labute approximate surface area is 87.1 Å². The first kappa shape index (κ1) is 8.50. The lowest BCUT2D eigenvalue weighted by Crippen LogP contribution is -2.06. The molecule has 0 heterocycles. The fraction of sp³-hybridized carbons (Fsp3) is 0.0769. The van der Waals surface area contributed by atoms with Gasteiger partial charge in [0.1, 0.15) is 11.9 Å². The monoisotopic (exact) mass is 198 g/mol. The van der Waals surface area contributed by atoms with E-state index in [-0.39, 0.29) is 5.76 Å². The van der Waals surface area contributed by atoms with Crippen molar-refractivity contribution in [3.63, 3.8) is 0 Å². The molecule has 2 aromatic carbocycles. The number of rotatable bonds is 0. The summed E-state index contributed by atoms with van der Waals surface area (Å²) in [4.78, 5) is 0. The van der Waals surface area contributed by atoms with E-state index >= 15 is 0 Å². The van der Waals surface area contributed by atoms with E-state index in [2.05, 4.69) is 0 Å². The molecule has 0 spiro atoms. The molecule has 3 rings (SSSR count). The highest BCUT2D eigenvalue weighted by molar-refractivity contribution is 5.95. The lowest BCUT2D eigenvalue weighted by atomic mass is 9.90. The molecule has 74 valence electrons. The van der Waals surface area contributed by atoms with Crippen molar-refractivity contribution in [3.05, 3.63) is 53.3 Å². The second kappa shape index (κ2) is 2.84. The summed E-state index contributed by atoms with van der Waals surface area (Å²) < 4.78 is 0. The predicted octanol–water partition coefficient (Wildman–Crippen LogP) is 2.79. The molecule has 1 unspecified atom stereocenters. The van der Waals surface area contributed by atoms with Crippen molar-refractivity contribution in [2.75, 3.05) is 0 Å². The standard InChI is InChI=1S/C13H10O2/c14-11-7-9-5-1-3-8-4-2-6-10(12(8)9)13(11)15/h1-7,13-15H. The first-order valence-corrected chi connectivity index (χ1v) is 4.87. The maximum Gasteiger partial charge on any atom is 0.136 e. The van der Waals surface area contributed by atoms with E-state index in [1.165, 1.54) is 0 Å². The van der Waals surface area contributed by atoms with Gasteiger partial charge in [0, 0.05) is 0 Å². The van der Waals surface area contributed by atoms with E-state index in [4.69, 9.17) is 0 Å². The minimum atomic E-state index is -0.886. The maximum atomic E-state index is 9.82. The van der Waals surface area contributed by atoms with Crippen molar-refractivity contribution in [1.29, 1.82) is 0 Å². The molecule has 0 radical (unpaired) electrons. The van der Waals surface area contributed by atoms with Crippen molar-refractivity contribution in [2.45, 2.75) is 6.10 Å². The molecular weight excluding hydrogens is 188 g/mol. The highest BCUT2D eigenvalue weighted by Gasteiger charge is 2.21. The van der Waals surface area contributed by atoms with Crippen LogP contribution < -0.4 is 0 Å². The van der Waals surface area contributed by atoms with E-state index in [1.54, 1.807) is 6.08 Å². The van der Waals surface area contributed by atoms with E-state index in [0.717, 1.165) is 21.9 Å². The van der Waals surface area contributed by atoms with Crippen LogP contribution in [-0.2, 0) is 0 Å². The average molecular weight is 198 g/mol. The van der Waals surface area contributed by atoms with Gasteiger partial charge in [-0.3, -0.25) is 0 Å². The Kier molecular flexibility index (Phi) is 1.61. The van der Waals surface area contributed by atoms with Gasteiger partial charge in [-0.2, -0.15) is 0 Å². The number of hydrogen-bond acceptors (Lipinski definition) is 2. The zero-order chi connectivity index (χ0) is 10.4. The second-order valence-electron chi connectivity index (χ2n) is 3.76. The highest BCUT2D eigenvalue weighted by Crippen LogP contribution is 2.35. The van der Waals surface area contributed by atoms with Crippen LogP contribution >= 0.6 is 0 Å². The lowest BCUT2D eigenvalue weighted by molar-refractivity contribution is 0.158. The third-order valence-electron chi connectivity index (χ3n) is 2.85. The van der Waals surface area contributed by atoms with Crippen LogP contribution in [0.15, 0.2) is 42.2 Å². The van der Waals surface area contributed by atoms with E-state index in [1.807, 2.05) is 36.4 Å². The highest BCUT2D eigenvalue weighted by atomic mass is 16.3. The van der Waals surface area contributed by atoms with Gasteiger partial charge in [-0.1, -0.05) is 36.4 Å². The number of aliphatic hydroxyl groups is 2. The number of hydrogen-bond donors (Lipinski definition) is 2. The zero-order valence-electron chi connectivity index (χ0n) is 8.01. The average Bonchev–Trinajstić information content (AvgIpc) is 2.26. The normalized spacial score (nSPS) is 19.0. The van der Waals surface area contributed by atoms with Crippen molar-refractivity contribution in [2.24, 2.45) is 0 Å². The second-order valence-corrected chi connectivity index (χ2v) is 3.76. The Morgan fingerprint density at radius 2 is 1.73 bits per heavy atom. The fourth-order valence-electron chi connectivity index (χ4n) is 2.15. The predicted molar refractivity (Wildman–Crippen MR) is 59.5 cm³/mol. The SMILES string of the molecule is OC1=Cc2cccc3cccc(c23)C1O. The maximum absolute atomic E-state index is 9.82. The summed E-state index contributed by atoms with van der Waals surface area (Å²) in [6, 6.07) is 11.6. The molecule has 0 saturated carbocycles. The molecule has 1 atom stereocenters. The third kappa shape index (κ3) is 1.09. The van der Waals surface area contributed by atoms with Gasteiger partial charge < -0.3 is 10.2 Å². The Bertz CT molecular complexity index is 565. The zero-order valence-corrected chi connectivity index (χ0v) is 8.01. The van der Waals surface area contributed by atoms with Crippen LogP contribution in [0.25, 0.3) is 16.8 Å². The topological polar surface area (TPSA) is 40.5 Å². The number of aliphatic hydroxyl groups excluding tert-OH is 2. The Hall–Kier alpha value is -1.80. The van der Waals surface area contributed by atoms with Gasteiger partial charge >= 0.3 is 0 Å². The molecule has 0 aliphatic heterocycles. The van der Waals surface area contributed by atoms with Crippen molar-refractivity contribution < 1.29 is 10.2 Å². The van der Waals surface area contributed by atoms with Gasteiger partial charge in [0.05, 0.1) is 0 Å². The van der Waals surface area contributed by atoms with Crippen LogP contribution in [0.1, 0.15) is 17.2 Å². The first-order chi connectivity index (χ1) is 7.27. The molecule has 15 heavy (non-hydrogen) atoms. The Morgan fingerprint density at radius 1 is 1.00 bits per heavy atom. The van der Waals surface area contributed by atoms with Crippen molar-refractivity contribution in [3.8, 4) is 0 Å². The summed E-state index contributed by atoms with van der Waals surface area (Å²) in [6.07, 6.45) is 0.739. The van der Waals surface area contributed by atoms with Gasteiger partial charge in [-0.15, -0.1) is 0 Å². The number of benzene rings is 2. The molecule has 0 saturated heterocycles. The molecule has 0 aromatic heterocycles.